The van der Waals surface area contributed by atoms with Crippen LogP contribution in [0.3, 0.4) is 0 Å². The molecule has 10 rings (SSSR count). The molecular formula is C46H36N6O4. The van der Waals surface area contributed by atoms with E-state index in [0.29, 0.717) is 41.3 Å². The average Bonchev–Trinajstić information content (AvgIpc) is 3.93. The third-order valence-electron chi connectivity index (χ3n) is 10.6. The van der Waals surface area contributed by atoms with Crippen molar-refractivity contribution in [3.05, 3.63) is 175 Å². The number of methoxy groups -OCH3 is 2. The van der Waals surface area contributed by atoms with Gasteiger partial charge in [-0.1, -0.05) is 66.7 Å². The molecule has 56 heavy (non-hydrogen) atoms. The zero-order valence-electron chi connectivity index (χ0n) is 30.6. The number of ether oxygens (including phenoxy) is 2. The molecule has 0 bridgehead atoms. The van der Waals surface area contributed by atoms with Crippen molar-refractivity contribution in [2.45, 2.75) is 12.3 Å². The number of rotatable bonds is 7. The van der Waals surface area contributed by atoms with Crippen LogP contribution >= 0.6 is 0 Å². The van der Waals surface area contributed by atoms with Crippen LogP contribution in [0.5, 0.6) is 11.5 Å². The van der Waals surface area contributed by atoms with Crippen LogP contribution < -0.4 is 29.5 Å². The summed E-state index contributed by atoms with van der Waals surface area (Å²) < 4.78 is 23.6. The van der Waals surface area contributed by atoms with E-state index in [-0.39, 0.29) is 5.84 Å². The average molecular weight is 737 g/mol. The van der Waals surface area contributed by atoms with Gasteiger partial charge in [0.2, 0.25) is 23.5 Å². The molecule has 2 aromatic heterocycles. The predicted octanol–water partition coefficient (Wildman–Crippen LogP) is 10.5. The highest BCUT2D eigenvalue weighted by molar-refractivity contribution is 6.19. The lowest BCUT2D eigenvalue weighted by Crippen LogP contribution is -2.70. The molecule has 0 radical (unpaired) electrons. The van der Waals surface area contributed by atoms with Crippen LogP contribution in [-0.4, -0.2) is 26.0 Å². The lowest BCUT2D eigenvalue weighted by Gasteiger charge is -2.55. The number of nitrogens with zero attached hydrogens (tertiary/aromatic N) is 4. The number of guanidine groups is 1. The number of fused-ring (bicyclic) bond motifs is 4. The Kier molecular flexibility index (Phi) is 7.77. The fraction of sp³-hybridized carbons (Fsp3) is 0.0870. The highest BCUT2D eigenvalue weighted by Crippen LogP contribution is 2.48. The van der Waals surface area contributed by atoms with Crippen molar-refractivity contribution in [3.8, 4) is 11.5 Å². The Morgan fingerprint density at radius 3 is 2.20 bits per heavy atom. The number of anilines is 4. The van der Waals surface area contributed by atoms with E-state index in [1.54, 1.807) is 26.7 Å². The second-order valence-corrected chi connectivity index (χ2v) is 13.7. The fourth-order valence-corrected chi connectivity index (χ4v) is 7.95. The molecule has 1 atom stereocenters. The standard InChI is InChI=1S/C46H36N6O4/c1-53-37-20-15-34(16-21-37)46(49-44-40(25-27-56-44)42(47)51(46)36-17-14-30-8-3-4-10-32(30)28-36)52(35-18-22-38(54-2)23-19-35)45-48-43-33(24-26-55-43)29-50(45)41-13-7-11-31-9-5-6-12-39(31)41/h3-28,47,49H,29H2,1-2H3. The number of furan rings is 2. The zero-order chi connectivity index (χ0) is 37.8. The van der Waals surface area contributed by atoms with E-state index < -0.39 is 5.79 Å². The first-order valence-corrected chi connectivity index (χ1v) is 18.3. The van der Waals surface area contributed by atoms with Crippen molar-refractivity contribution in [3.63, 3.8) is 0 Å². The third-order valence-corrected chi connectivity index (χ3v) is 10.6. The summed E-state index contributed by atoms with van der Waals surface area (Å²) in [6.07, 6.45) is 3.29. The van der Waals surface area contributed by atoms with Crippen LogP contribution in [0.15, 0.2) is 172 Å². The van der Waals surface area contributed by atoms with Crippen molar-refractivity contribution < 1.29 is 18.3 Å². The van der Waals surface area contributed by atoms with Crippen LogP contribution in [0.4, 0.5) is 28.8 Å². The van der Waals surface area contributed by atoms with E-state index in [0.717, 1.165) is 49.7 Å². The van der Waals surface area contributed by atoms with E-state index in [4.69, 9.17) is 23.3 Å². The molecule has 274 valence electrons. The Morgan fingerprint density at radius 2 is 1.41 bits per heavy atom. The maximum absolute atomic E-state index is 10.1. The molecular weight excluding hydrogens is 701 g/mol. The fourth-order valence-electron chi connectivity index (χ4n) is 7.95. The second kappa shape index (κ2) is 13.1. The van der Waals surface area contributed by atoms with Crippen molar-refractivity contribution in [1.82, 2.24) is 0 Å². The van der Waals surface area contributed by atoms with Crippen molar-refractivity contribution in [2.75, 3.05) is 34.2 Å². The van der Waals surface area contributed by atoms with Gasteiger partial charge in [-0.3, -0.25) is 15.2 Å². The van der Waals surface area contributed by atoms with Crippen LogP contribution in [-0.2, 0) is 12.3 Å². The highest BCUT2D eigenvalue weighted by Gasteiger charge is 2.54. The minimum atomic E-state index is -1.45. The lowest BCUT2D eigenvalue weighted by atomic mass is 9.96. The van der Waals surface area contributed by atoms with Crippen LogP contribution in [0.1, 0.15) is 16.7 Å². The van der Waals surface area contributed by atoms with Crippen molar-refractivity contribution >= 4 is 62.2 Å². The normalized spacial score (nSPS) is 16.2. The van der Waals surface area contributed by atoms with Gasteiger partial charge in [-0.25, -0.2) is 0 Å². The monoisotopic (exact) mass is 736 g/mol. The molecule has 0 saturated heterocycles. The Balaban J connectivity index is 1.33. The van der Waals surface area contributed by atoms with Crippen molar-refractivity contribution in [1.29, 1.82) is 5.41 Å². The summed E-state index contributed by atoms with van der Waals surface area (Å²) in [7, 11) is 3.31. The molecule has 4 heterocycles. The van der Waals surface area contributed by atoms with E-state index >= 15 is 0 Å². The number of benzene rings is 6. The molecule has 0 spiro atoms. The first-order valence-electron chi connectivity index (χ1n) is 18.3. The van der Waals surface area contributed by atoms with E-state index in [9.17, 15) is 5.41 Å². The maximum Gasteiger partial charge on any atom is 0.231 e. The van der Waals surface area contributed by atoms with E-state index in [1.165, 1.54) is 0 Å². The largest absolute Gasteiger partial charge is 0.497 e. The van der Waals surface area contributed by atoms with Gasteiger partial charge in [0, 0.05) is 27.9 Å². The number of hydrogen-bond acceptors (Lipinski definition) is 9. The summed E-state index contributed by atoms with van der Waals surface area (Å²) in [6.45, 7) is 0.462. The molecule has 0 saturated carbocycles. The molecule has 10 nitrogen and oxygen atoms in total. The molecule has 1 unspecified atom stereocenters. The number of nitrogens with one attached hydrogen (secondary N) is 2. The third kappa shape index (κ3) is 5.18. The SMILES string of the molecule is COc1ccc(N(C2=Nc3occc3CN2c2cccc3ccccc23)C2(c3ccc(OC)cc3)Nc3occc3C(=N)N2c2ccc3ccccc3c2)cc1. The molecule has 0 aliphatic carbocycles. The Hall–Kier alpha value is -7.46. The summed E-state index contributed by atoms with van der Waals surface area (Å²) in [5.74, 6) is 1.65. The topological polar surface area (TPSA) is 103 Å². The van der Waals surface area contributed by atoms with Gasteiger partial charge < -0.3 is 28.5 Å². The minimum Gasteiger partial charge on any atom is -0.497 e. The van der Waals surface area contributed by atoms with Gasteiger partial charge in [-0.05, 0) is 95.0 Å². The predicted molar refractivity (Wildman–Crippen MR) is 222 cm³/mol. The second-order valence-electron chi connectivity index (χ2n) is 13.7. The zero-order valence-corrected chi connectivity index (χ0v) is 30.6. The molecule has 0 fully saturated rings. The lowest BCUT2D eigenvalue weighted by molar-refractivity contribution is 0.413. The molecule has 2 aliphatic heterocycles. The summed E-state index contributed by atoms with van der Waals surface area (Å²) in [4.78, 5) is 11.8. The van der Waals surface area contributed by atoms with Gasteiger partial charge in [-0.15, -0.1) is 0 Å². The summed E-state index contributed by atoms with van der Waals surface area (Å²) in [6, 6.07) is 48.7. The summed E-state index contributed by atoms with van der Waals surface area (Å²) >= 11 is 0. The first kappa shape index (κ1) is 33.1. The molecule has 2 aliphatic rings. The molecule has 2 N–H and O–H groups in total. The summed E-state index contributed by atoms with van der Waals surface area (Å²) in [5.41, 5.74) is 4.82. The minimum absolute atomic E-state index is 0.226. The van der Waals surface area contributed by atoms with Crippen LogP contribution in [0, 0.1) is 5.41 Å². The number of amidine groups is 1. The molecule has 10 heteroatoms. The van der Waals surface area contributed by atoms with Gasteiger partial charge in [0.25, 0.3) is 0 Å². The molecule has 6 aromatic carbocycles. The van der Waals surface area contributed by atoms with Crippen LogP contribution in [0.2, 0.25) is 0 Å². The highest BCUT2D eigenvalue weighted by atomic mass is 16.5. The Morgan fingerprint density at radius 1 is 0.714 bits per heavy atom. The van der Waals surface area contributed by atoms with Gasteiger partial charge in [0.05, 0.1) is 44.5 Å². The number of hydrogen-bond donors (Lipinski definition) is 2. The first-order chi connectivity index (χ1) is 27.6. The Bertz CT molecular complexity index is 2780. The maximum atomic E-state index is 10.1. The summed E-state index contributed by atoms with van der Waals surface area (Å²) in [5, 5.41) is 18.2. The quantitative estimate of drug-likeness (QED) is 0.167. The van der Waals surface area contributed by atoms with E-state index in [2.05, 4.69) is 81.8 Å². The van der Waals surface area contributed by atoms with Crippen molar-refractivity contribution in [2.24, 2.45) is 4.99 Å². The molecule has 8 aromatic rings. The van der Waals surface area contributed by atoms with Gasteiger partial charge >= 0.3 is 0 Å². The van der Waals surface area contributed by atoms with E-state index in [1.807, 2.05) is 83.8 Å². The number of aliphatic imine (C=N–C) groups is 1. The Labute approximate surface area is 322 Å². The van der Waals surface area contributed by atoms with Gasteiger partial charge in [-0.2, -0.15) is 4.99 Å². The molecule has 0 amide bonds. The smallest absolute Gasteiger partial charge is 0.231 e. The van der Waals surface area contributed by atoms with Crippen LogP contribution in [0.25, 0.3) is 21.5 Å². The van der Waals surface area contributed by atoms with Gasteiger partial charge in [0.15, 0.2) is 0 Å². The van der Waals surface area contributed by atoms with Gasteiger partial charge in [0.1, 0.15) is 17.3 Å².